The third-order valence-electron chi connectivity index (χ3n) is 5.85. The second-order valence-corrected chi connectivity index (χ2v) is 13.4. The fourth-order valence-electron chi connectivity index (χ4n) is 3.89. The summed E-state index contributed by atoms with van der Waals surface area (Å²) < 4.78 is 34.8. The summed E-state index contributed by atoms with van der Waals surface area (Å²) >= 11 is 6.32. The Bertz CT molecular complexity index is 1530. The maximum absolute atomic E-state index is 13.6. The zero-order valence-corrected chi connectivity index (χ0v) is 23.8. The van der Waals surface area contributed by atoms with E-state index in [-0.39, 0.29) is 11.0 Å². The molecular formula is C25H23BrN4O4S3. The Labute approximate surface area is 231 Å². The van der Waals surface area contributed by atoms with Crippen LogP contribution in [-0.2, 0) is 14.8 Å². The number of thiophene rings is 1. The highest BCUT2D eigenvalue weighted by molar-refractivity contribution is 9.10. The van der Waals surface area contributed by atoms with Crippen LogP contribution in [0.25, 0.3) is 10.2 Å². The molecule has 4 aromatic rings. The number of nitrogens with zero attached hydrogens (tertiary/aromatic N) is 4. The van der Waals surface area contributed by atoms with Gasteiger partial charge in [0, 0.05) is 35.1 Å². The van der Waals surface area contributed by atoms with Gasteiger partial charge in [0.05, 0.1) is 27.4 Å². The normalized spacial score (nSPS) is 16.2. The molecule has 5 rings (SSSR count). The average molecular weight is 620 g/mol. The predicted octanol–water partition coefficient (Wildman–Crippen LogP) is 5.60. The summed E-state index contributed by atoms with van der Waals surface area (Å²) in [5.41, 5.74) is 1.05. The molecule has 1 saturated heterocycles. The first-order valence-corrected chi connectivity index (χ1v) is 15.4. The number of fused-ring (bicyclic) bond motifs is 1. The van der Waals surface area contributed by atoms with Crippen molar-refractivity contribution in [1.82, 2.24) is 9.29 Å². The molecule has 3 heterocycles. The molecular weight excluding hydrogens is 596 g/mol. The van der Waals surface area contributed by atoms with Gasteiger partial charge >= 0.3 is 0 Å². The number of likely N-dealkylation sites (N-methyl/N-ethyl adjacent to an activating group) is 1. The molecule has 8 nitrogen and oxygen atoms in total. The maximum atomic E-state index is 13.6. The summed E-state index contributed by atoms with van der Waals surface area (Å²) in [6.07, 6.45) is 3.30. The number of benzene rings is 2. The van der Waals surface area contributed by atoms with Gasteiger partial charge in [-0.3, -0.25) is 4.79 Å². The standard InChI is InChI=1S/C25H23BrN4O4S3/c1-29(16-19-4-2-12-34-19)37(32,33)21-9-6-17(7-10-21)24(31)30(27-15-20-5-3-13-35-20)25-28-22-11-8-18(26)14-23(22)36-25/h3,5-11,13-15,19H,2,4,12,16H2,1H3/b27-15+. The zero-order chi connectivity index (χ0) is 26.0. The number of halogens is 1. The van der Waals surface area contributed by atoms with E-state index in [1.165, 1.54) is 56.3 Å². The Balaban J connectivity index is 1.42. The Morgan fingerprint density at radius 2 is 2.05 bits per heavy atom. The lowest BCUT2D eigenvalue weighted by atomic mass is 10.2. The molecule has 1 unspecified atom stereocenters. The van der Waals surface area contributed by atoms with E-state index in [2.05, 4.69) is 26.0 Å². The zero-order valence-electron chi connectivity index (χ0n) is 19.8. The second kappa shape index (κ2) is 11.1. The Morgan fingerprint density at radius 3 is 2.76 bits per heavy atom. The van der Waals surface area contributed by atoms with Crippen molar-refractivity contribution in [1.29, 1.82) is 0 Å². The van der Waals surface area contributed by atoms with Gasteiger partial charge < -0.3 is 4.74 Å². The number of hydrogen-bond acceptors (Lipinski definition) is 8. The average Bonchev–Trinajstić information content (AvgIpc) is 3.66. The largest absolute Gasteiger partial charge is 0.377 e. The molecule has 192 valence electrons. The van der Waals surface area contributed by atoms with E-state index in [9.17, 15) is 13.2 Å². The highest BCUT2D eigenvalue weighted by Gasteiger charge is 2.27. The minimum absolute atomic E-state index is 0.0928. The lowest BCUT2D eigenvalue weighted by Gasteiger charge is -2.20. The molecule has 1 aliphatic rings. The number of sulfonamides is 1. The summed E-state index contributed by atoms with van der Waals surface area (Å²) in [7, 11) is -2.17. The van der Waals surface area contributed by atoms with Crippen LogP contribution in [0.2, 0.25) is 0 Å². The maximum Gasteiger partial charge on any atom is 0.280 e. The Kier molecular flexibility index (Phi) is 7.84. The first-order chi connectivity index (χ1) is 17.8. The number of hydrogen-bond donors (Lipinski definition) is 0. The fourth-order valence-corrected chi connectivity index (χ4v) is 7.15. The molecule has 1 amide bonds. The number of anilines is 1. The van der Waals surface area contributed by atoms with Crippen LogP contribution in [0.1, 0.15) is 28.1 Å². The molecule has 0 spiro atoms. The predicted molar refractivity (Wildman–Crippen MR) is 151 cm³/mol. The number of hydrazone groups is 1. The summed E-state index contributed by atoms with van der Waals surface area (Å²) in [4.78, 5) is 19.2. The highest BCUT2D eigenvalue weighted by Crippen LogP contribution is 2.32. The molecule has 37 heavy (non-hydrogen) atoms. The van der Waals surface area contributed by atoms with Gasteiger partial charge in [0.15, 0.2) is 0 Å². The Hall–Kier alpha value is -2.48. The van der Waals surface area contributed by atoms with E-state index < -0.39 is 15.9 Å². The van der Waals surface area contributed by atoms with Gasteiger partial charge in [-0.2, -0.15) is 14.4 Å². The van der Waals surface area contributed by atoms with Crippen LogP contribution in [-0.4, -0.2) is 56.1 Å². The van der Waals surface area contributed by atoms with Gasteiger partial charge in [0.25, 0.3) is 5.91 Å². The van der Waals surface area contributed by atoms with Crippen LogP contribution >= 0.6 is 38.6 Å². The van der Waals surface area contributed by atoms with E-state index in [0.717, 1.165) is 32.4 Å². The van der Waals surface area contributed by atoms with Crippen molar-refractivity contribution < 1.29 is 17.9 Å². The SMILES string of the molecule is CN(CC1CCCO1)S(=O)(=O)c1ccc(C(=O)N(/N=C/c2cccs2)c2nc3ccc(Br)cc3s2)cc1. The molecule has 0 bridgehead atoms. The number of carbonyl (C=O) groups excluding carboxylic acids is 1. The van der Waals surface area contributed by atoms with Crippen molar-refractivity contribution in [3.05, 3.63) is 74.9 Å². The second-order valence-electron chi connectivity index (χ2n) is 8.43. The first kappa shape index (κ1) is 26.1. The number of thiazole rings is 1. The monoisotopic (exact) mass is 618 g/mol. The molecule has 0 N–H and O–H groups in total. The molecule has 0 saturated carbocycles. The third-order valence-corrected chi connectivity index (χ3v) is 9.98. The fraction of sp³-hybridized carbons (Fsp3) is 0.240. The minimum Gasteiger partial charge on any atom is -0.377 e. The molecule has 2 aromatic carbocycles. The van der Waals surface area contributed by atoms with Gasteiger partial charge in [-0.1, -0.05) is 33.3 Å². The highest BCUT2D eigenvalue weighted by atomic mass is 79.9. The molecule has 1 fully saturated rings. The van der Waals surface area contributed by atoms with Crippen molar-refractivity contribution in [3.63, 3.8) is 0 Å². The summed E-state index contributed by atoms with van der Waals surface area (Å²) in [6, 6.07) is 15.4. The van der Waals surface area contributed by atoms with Crippen molar-refractivity contribution in [3.8, 4) is 0 Å². The van der Waals surface area contributed by atoms with Crippen LogP contribution < -0.4 is 5.01 Å². The topological polar surface area (TPSA) is 92.2 Å². The van der Waals surface area contributed by atoms with Crippen LogP contribution in [0.3, 0.4) is 0 Å². The quantitative estimate of drug-likeness (QED) is 0.189. The lowest BCUT2D eigenvalue weighted by Crippen LogP contribution is -2.34. The molecule has 1 atom stereocenters. The van der Waals surface area contributed by atoms with E-state index in [0.29, 0.717) is 23.8 Å². The molecule has 1 aliphatic heterocycles. The minimum atomic E-state index is -3.72. The van der Waals surface area contributed by atoms with Crippen molar-refractivity contribution in [2.75, 3.05) is 25.2 Å². The van der Waals surface area contributed by atoms with E-state index >= 15 is 0 Å². The number of carbonyl (C=O) groups is 1. The van der Waals surface area contributed by atoms with Gasteiger partial charge in [-0.25, -0.2) is 13.4 Å². The van der Waals surface area contributed by atoms with Crippen LogP contribution in [0.15, 0.2) is 74.4 Å². The number of rotatable bonds is 8. The van der Waals surface area contributed by atoms with Crippen LogP contribution in [0.4, 0.5) is 5.13 Å². The summed E-state index contributed by atoms with van der Waals surface area (Å²) in [5.74, 6) is -0.414. The lowest BCUT2D eigenvalue weighted by molar-refractivity contribution is 0.0978. The summed E-state index contributed by atoms with van der Waals surface area (Å²) in [6.45, 7) is 0.953. The number of aromatic nitrogens is 1. The van der Waals surface area contributed by atoms with Gasteiger partial charge in [0.1, 0.15) is 0 Å². The third kappa shape index (κ3) is 5.84. The van der Waals surface area contributed by atoms with E-state index in [4.69, 9.17) is 4.74 Å². The van der Waals surface area contributed by atoms with Gasteiger partial charge in [0.2, 0.25) is 15.2 Å². The molecule has 0 aliphatic carbocycles. The molecule has 2 aromatic heterocycles. The molecule has 0 radical (unpaired) electrons. The van der Waals surface area contributed by atoms with E-state index in [1.807, 2.05) is 35.7 Å². The van der Waals surface area contributed by atoms with Crippen LogP contribution in [0, 0.1) is 0 Å². The first-order valence-electron chi connectivity index (χ1n) is 11.5. The van der Waals surface area contributed by atoms with Gasteiger partial charge in [-0.15, -0.1) is 11.3 Å². The smallest absolute Gasteiger partial charge is 0.280 e. The van der Waals surface area contributed by atoms with E-state index in [1.54, 1.807) is 13.3 Å². The number of ether oxygens (including phenoxy) is 1. The van der Waals surface area contributed by atoms with Crippen molar-refractivity contribution >= 4 is 76.1 Å². The van der Waals surface area contributed by atoms with Crippen molar-refractivity contribution in [2.45, 2.75) is 23.8 Å². The Morgan fingerprint density at radius 1 is 1.24 bits per heavy atom. The summed E-state index contributed by atoms with van der Waals surface area (Å²) in [5, 5.41) is 8.05. The van der Waals surface area contributed by atoms with Gasteiger partial charge in [-0.05, 0) is 66.8 Å². The number of amides is 1. The van der Waals surface area contributed by atoms with Crippen LogP contribution in [0.5, 0.6) is 0 Å². The van der Waals surface area contributed by atoms with Crippen molar-refractivity contribution in [2.24, 2.45) is 5.10 Å². The molecule has 12 heteroatoms.